The molecule has 3 rings (SSSR count). The molecule has 1 aromatic carbocycles. The lowest BCUT2D eigenvalue weighted by Crippen LogP contribution is -2.47. The Labute approximate surface area is 182 Å². The minimum absolute atomic E-state index is 0.0127. The Morgan fingerprint density at radius 2 is 1.90 bits per heavy atom. The number of likely N-dealkylation sites (tertiary alicyclic amines) is 1. The van der Waals surface area contributed by atoms with Gasteiger partial charge in [-0.05, 0) is 25.0 Å². The summed E-state index contributed by atoms with van der Waals surface area (Å²) in [5.74, 6) is -0.657. The number of carbonyl (C=O) groups excluding carboxylic acids is 1. The van der Waals surface area contributed by atoms with Crippen LogP contribution in [-0.4, -0.2) is 68.3 Å². The maximum atomic E-state index is 13.4. The van der Waals surface area contributed by atoms with E-state index in [1.165, 1.54) is 12.1 Å². The number of nitrogens with zero attached hydrogens (tertiary/aromatic N) is 1. The second kappa shape index (κ2) is 10.8. The maximum absolute atomic E-state index is 13.4. The number of halogens is 5. The number of hydrogen-bond acceptors (Lipinski definition) is 5. The molecule has 0 spiro atoms. The van der Waals surface area contributed by atoms with Crippen LogP contribution in [0.2, 0.25) is 5.02 Å². The van der Waals surface area contributed by atoms with E-state index in [1.54, 1.807) is 0 Å². The first-order valence-electron chi connectivity index (χ1n) is 10.1. The SMILES string of the molecule is O=C(COc1ccc(Cl)c(F)c1)NC1CCN(CCO[C@H]2C[C@H](OC(F)(F)F)C2)CC1. The molecule has 1 amide bonds. The second-order valence-corrected chi connectivity index (χ2v) is 8.11. The van der Waals surface area contributed by atoms with Crippen molar-refractivity contribution in [3.63, 3.8) is 0 Å². The largest absolute Gasteiger partial charge is 0.522 e. The number of ether oxygens (including phenoxy) is 3. The van der Waals surface area contributed by atoms with Crippen LogP contribution in [0.1, 0.15) is 25.7 Å². The lowest BCUT2D eigenvalue weighted by Gasteiger charge is -2.36. The summed E-state index contributed by atoms with van der Waals surface area (Å²) in [4.78, 5) is 14.2. The molecule has 1 saturated carbocycles. The summed E-state index contributed by atoms with van der Waals surface area (Å²) in [6.07, 6.45) is -3.50. The summed E-state index contributed by atoms with van der Waals surface area (Å²) in [6.45, 7) is 2.48. The van der Waals surface area contributed by atoms with Gasteiger partial charge in [0, 0.05) is 44.6 Å². The highest BCUT2D eigenvalue weighted by Gasteiger charge is 2.40. The lowest BCUT2D eigenvalue weighted by molar-refractivity contribution is -0.357. The minimum Gasteiger partial charge on any atom is -0.484 e. The predicted octanol–water partition coefficient (Wildman–Crippen LogP) is 3.52. The molecule has 1 aliphatic carbocycles. The Balaban J connectivity index is 1.24. The van der Waals surface area contributed by atoms with Gasteiger partial charge in [-0.15, -0.1) is 13.2 Å². The Bertz CT molecular complexity index is 738. The van der Waals surface area contributed by atoms with Crippen LogP contribution < -0.4 is 10.1 Å². The Kier molecular flexibility index (Phi) is 8.37. The van der Waals surface area contributed by atoms with Crippen LogP contribution in [0.3, 0.4) is 0 Å². The van der Waals surface area contributed by atoms with Gasteiger partial charge in [0.25, 0.3) is 5.91 Å². The number of carbonyl (C=O) groups is 1. The van der Waals surface area contributed by atoms with Crippen LogP contribution in [0.15, 0.2) is 18.2 Å². The Morgan fingerprint density at radius 1 is 1.19 bits per heavy atom. The van der Waals surface area contributed by atoms with Gasteiger partial charge in [0.1, 0.15) is 11.6 Å². The third-order valence-electron chi connectivity index (χ3n) is 5.33. The van der Waals surface area contributed by atoms with E-state index in [0.29, 0.717) is 13.2 Å². The van der Waals surface area contributed by atoms with Crippen molar-refractivity contribution in [1.29, 1.82) is 0 Å². The molecule has 2 fully saturated rings. The average Bonchev–Trinajstić information content (AvgIpc) is 2.67. The lowest BCUT2D eigenvalue weighted by atomic mass is 9.92. The molecule has 0 bridgehead atoms. The van der Waals surface area contributed by atoms with Gasteiger partial charge >= 0.3 is 6.36 Å². The van der Waals surface area contributed by atoms with Crippen molar-refractivity contribution in [2.45, 2.75) is 50.3 Å². The van der Waals surface area contributed by atoms with E-state index in [-0.39, 0.29) is 48.3 Å². The van der Waals surface area contributed by atoms with Crippen molar-refractivity contribution >= 4 is 17.5 Å². The van der Waals surface area contributed by atoms with Crippen molar-refractivity contribution < 1.29 is 36.6 Å². The molecule has 1 heterocycles. The monoisotopic (exact) mass is 468 g/mol. The van der Waals surface area contributed by atoms with Crippen LogP contribution in [0.4, 0.5) is 17.6 Å². The molecule has 1 aromatic rings. The number of piperidine rings is 1. The first-order valence-corrected chi connectivity index (χ1v) is 10.5. The summed E-state index contributed by atoms with van der Waals surface area (Å²) in [7, 11) is 0. The molecule has 11 heteroatoms. The summed E-state index contributed by atoms with van der Waals surface area (Å²) in [5, 5.41) is 2.89. The van der Waals surface area contributed by atoms with E-state index in [0.717, 1.165) is 32.0 Å². The zero-order chi connectivity index (χ0) is 22.4. The van der Waals surface area contributed by atoms with E-state index in [2.05, 4.69) is 15.0 Å². The van der Waals surface area contributed by atoms with Crippen LogP contribution in [0, 0.1) is 5.82 Å². The van der Waals surface area contributed by atoms with Gasteiger partial charge in [0.15, 0.2) is 6.61 Å². The van der Waals surface area contributed by atoms with Gasteiger partial charge in [-0.25, -0.2) is 4.39 Å². The van der Waals surface area contributed by atoms with Crippen LogP contribution >= 0.6 is 11.6 Å². The molecular weight excluding hydrogens is 444 g/mol. The number of hydrogen-bond donors (Lipinski definition) is 1. The Morgan fingerprint density at radius 3 is 2.55 bits per heavy atom. The summed E-state index contributed by atoms with van der Waals surface area (Å²) in [5.41, 5.74) is 0. The van der Waals surface area contributed by atoms with Crippen LogP contribution in [0.5, 0.6) is 5.75 Å². The standard InChI is InChI=1S/C20H25ClF4N2O4/c21-17-2-1-14(11-18(17)22)30-12-19(28)26-13-3-5-27(6-4-13)7-8-29-15-9-16(10-15)31-20(23,24)25/h1-2,11,13,15-16H,3-10,12H2,(H,26,28)/t15-,16-. The molecule has 2 aliphatic rings. The molecule has 1 aliphatic heterocycles. The van der Waals surface area contributed by atoms with Crippen molar-refractivity contribution in [1.82, 2.24) is 10.2 Å². The van der Waals surface area contributed by atoms with E-state index in [1.807, 2.05) is 0 Å². The molecule has 6 nitrogen and oxygen atoms in total. The highest BCUT2D eigenvalue weighted by atomic mass is 35.5. The zero-order valence-corrected chi connectivity index (χ0v) is 17.6. The molecule has 0 aromatic heterocycles. The van der Waals surface area contributed by atoms with Crippen molar-refractivity contribution in [2.24, 2.45) is 0 Å². The highest BCUT2D eigenvalue weighted by molar-refractivity contribution is 6.30. The van der Waals surface area contributed by atoms with Crippen LogP contribution in [-0.2, 0) is 14.3 Å². The van der Waals surface area contributed by atoms with E-state index in [4.69, 9.17) is 21.1 Å². The van der Waals surface area contributed by atoms with Crippen molar-refractivity contribution in [3.8, 4) is 5.75 Å². The minimum atomic E-state index is -4.59. The molecule has 31 heavy (non-hydrogen) atoms. The summed E-state index contributed by atoms with van der Waals surface area (Å²) in [6, 6.07) is 4.01. The van der Waals surface area contributed by atoms with Gasteiger partial charge in [0.2, 0.25) is 0 Å². The molecule has 0 unspecified atom stereocenters. The average molecular weight is 469 g/mol. The molecule has 174 valence electrons. The van der Waals surface area contributed by atoms with Gasteiger partial charge < -0.3 is 19.7 Å². The fourth-order valence-corrected chi connectivity index (χ4v) is 3.69. The predicted molar refractivity (Wildman–Crippen MR) is 104 cm³/mol. The maximum Gasteiger partial charge on any atom is 0.522 e. The number of nitrogens with one attached hydrogen (secondary N) is 1. The summed E-state index contributed by atoms with van der Waals surface area (Å²) < 4.78 is 64.5. The quantitative estimate of drug-likeness (QED) is 0.562. The third-order valence-corrected chi connectivity index (χ3v) is 5.63. The highest BCUT2D eigenvalue weighted by Crippen LogP contribution is 2.32. The smallest absolute Gasteiger partial charge is 0.484 e. The van der Waals surface area contributed by atoms with E-state index >= 15 is 0 Å². The van der Waals surface area contributed by atoms with E-state index in [9.17, 15) is 22.4 Å². The second-order valence-electron chi connectivity index (χ2n) is 7.70. The Hall–Kier alpha value is -1.62. The number of benzene rings is 1. The number of amides is 1. The van der Waals surface area contributed by atoms with Crippen molar-refractivity contribution in [2.75, 3.05) is 32.8 Å². The first kappa shape index (κ1) is 24.0. The molecule has 1 N–H and O–H groups in total. The molecular formula is C20H25ClF4N2O4. The normalized spacial score (nSPS) is 22.7. The molecule has 0 atom stereocenters. The summed E-state index contributed by atoms with van der Waals surface area (Å²) >= 11 is 5.60. The van der Waals surface area contributed by atoms with Crippen LogP contribution in [0.25, 0.3) is 0 Å². The zero-order valence-electron chi connectivity index (χ0n) is 16.8. The first-order chi connectivity index (χ1) is 14.7. The molecule has 1 saturated heterocycles. The van der Waals surface area contributed by atoms with Gasteiger partial charge in [-0.3, -0.25) is 9.53 Å². The topological polar surface area (TPSA) is 60.0 Å². The number of rotatable bonds is 9. The fourth-order valence-electron chi connectivity index (χ4n) is 3.57. The molecule has 0 radical (unpaired) electrons. The van der Waals surface area contributed by atoms with Gasteiger partial charge in [-0.2, -0.15) is 0 Å². The van der Waals surface area contributed by atoms with E-state index < -0.39 is 18.3 Å². The fraction of sp³-hybridized carbons (Fsp3) is 0.650. The van der Waals surface area contributed by atoms with Crippen molar-refractivity contribution in [3.05, 3.63) is 29.0 Å². The number of alkyl halides is 3. The van der Waals surface area contributed by atoms with Gasteiger partial charge in [-0.1, -0.05) is 11.6 Å². The third kappa shape index (κ3) is 8.10. The van der Waals surface area contributed by atoms with Gasteiger partial charge in [0.05, 0.1) is 23.8 Å².